The number of ether oxygens (including phenoxy) is 3. The van der Waals surface area contributed by atoms with E-state index in [0.717, 1.165) is 74.9 Å². The maximum atomic E-state index is 13.5. The fraction of sp³-hybridized carbons (Fsp3) is 0.559. The molecule has 7 rings (SSSR count). The van der Waals surface area contributed by atoms with Crippen LogP contribution in [0.3, 0.4) is 0 Å². The summed E-state index contributed by atoms with van der Waals surface area (Å²) in [5.41, 5.74) is 4.27. The second kappa shape index (κ2) is 12.1. The first-order chi connectivity index (χ1) is 20.5. The van der Waals surface area contributed by atoms with Crippen LogP contribution in [0, 0.1) is 17.8 Å². The van der Waals surface area contributed by atoms with E-state index >= 15 is 0 Å². The maximum absolute atomic E-state index is 13.5. The lowest BCUT2D eigenvalue weighted by atomic mass is 9.68. The van der Waals surface area contributed by atoms with E-state index < -0.39 is 0 Å². The van der Waals surface area contributed by atoms with Crippen molar-refractivity contribution in [1.29, 1.82) is 0 Å². The smallest absolute Gasteiger partial charge is 0.261 e. The van der Waals surface area contributed by atoms with E-state index in [1.54, 1.807) is 11.9 Å². The molecule has 0 aromatic heterocycles. The third-order valence-electron chi connectivity index (χ3n) is 10.4. The van der Waals surface area contributed by atoms with Gasteiger partial charge in [0, 0.05) is 48.1 Å². The largest absolute Gasteiger partial charge is 0.490 e. The Labute approximate surface area is 258 Å². The van der Waals surface area contributed by atoms with Gasteiger partial charge in [0.25, 0.3) is 5.91 Å². The van der Waals surface area contributed by atoms with Gasteiger partial charge in [-0.1, -0.05) is 29.8 Å². The van der Waals surface area contributed by atoms with Gasteiger partial charge in [-0.2, -0.15) is 0 Å². The van der Waals surface area contributed by atoms with Gasteiger partial charge in [0.05, 0.1) is 25.0 Å². The Morgan fingerprint density at radius 2 is 2.07 bits per heavy atom. The van der Waals surface area contributed by atoms with Gasteiger partial charge in [-0.05, 0) is 116 Å². The van der Waals surface area contributed by atoms with E-state index in [9.17, 15) is 4.79 Å². The highest BCUT2D eigenvalue weighted by Crippen LogP contribution is 2.47. The summed E-state index contributed by atoms with van der Waals surface area (Å²) in [6.07, 6.45) is 12.1. The predicted octanol–water partition coefficient (Wildman–Crippen LogP) is 6.60. The molecular formula is C34H41ClN2O4S. The van der Waals surface area contributed by atoms with Crippen molar-refractivity contribution in [2.24, 2.45) is 17.8 Å². The van der Waals surface area contributed by atoms with Gasteiger partial charge in [-0.15, -0.1) is 0 Å². The molecule has 42 heavy (non-hydrogen) atoms. The third-order valence-corrected chi connectivity index (χ3v) is 11.9. The summed E-state index contributed by atoms with van der Waals surface area (Å²) in [6, 6.07) is 12.4. The number of halogens is 1. The number of fused-ring (bicyclic) bond motifs is 5. The molecule has 224 valence electrons. The minimum absolute atomic E-state index is 0.0480. The molecule has 6 atom stereocenters. The van der Waals surface area contributed by atoms with E-state index in [1.807, 2.05) is 25.3 Å². The van der Waals surface area contributed by atoms with Crippen LogP contribution in [0.2, 0.25) is 5.02 Å². The highest BCUT2D eigenvalue weighted by Gasteiger charge is 2.44. The van der Waals surface area contributed by atoms with Crippen LogP contribution in [0.15, 0.2) is 48.6 Å². The molecule has 1 spiro atoms. The number of carbonyl (C=O) groups is 1. The first-order valence-corrected chi connectivity index (χ1v) is 16.8. The first-order valence-electron chi connectivity index (χ1n) is 15.6. The van der Waals surface area contributed by atoms with E-state index in [4.69, 9.17) is 25.8 Å². The number of anilines is 1. The quantitative estimate of drug-likeness (QED) is 0.291. The molecule has 2 fully saturated rings. The van der Waals surface area contributed by atoms with E-state index in [1.165, 1.54) is 24.0 Å². The molecule has 2 aliphatic carbocycles. The Kier molecular flexibility index (Phi) is 8.21. The van der Waals surface area contributed by atoms with E-state index in [0.29, 0.717) is 35.2 Å². The molecule has 3 aliphatic heterocycles. The number of rotatable bonds is 1. The minimum Gasteiger partial charge on any atom is -0.490 e. The lowest BCUT2D eigenvalue weighted by molar-refractivity contribution is 0.0129. The van der Waals surface area contributed by atoms with Crippen LogP contribution in [0.5, 0.6) is 5.75 Å². The molecule has 6 nitrogen and oxygen atoms in total. The molecule has 8 heteroatoms. The summed E-state index contributed by atoms with van der Waals surface area (Å²) in [7, 11) is 1.85. The van der Waals surface area contributed by atoms with Crippen molar-refractivity contribution >= 4 is 35.1 Å². The molecule has 1 saturated carbocycles. The standard InChI is InChI=1S/C34H41ClN2O4S/c1-39-30-6-2-4-25-19-40-15-13-32(25)42-36-33(38)23-8-12-31-29(17-23)37(18-24-7-10-27(24)30)20-34(21-41-31)14-3-5-22-16-26(35)9-11-28(22)34/h2,6,8-9,11-12,16-17,24-25,27,30,32H,3-5,7,10,13-15,18-21H2,1H3,(H,36,38)/b6-2+/t24-,25+,27+,30-,32+,34-/m0/s1. The first kappa shape index (κ1) is 28.6. The third kappa shape index (κ3) is 5.47. The van der Waals surface area contributed by atoms with Crippen LogP contribution < -0.4 is 14.4 Å². The summed E-state index contributed by atoms with van der Waals surface area (Å²) in [6.45, 7) is 3.85. The normalized spacial score (nSPS) is 33.6. The molecular weight excluding hydrogens is 568 g/mol. The highest BCUT2D eigenvalue weighted by molar-refractivity contribution is 7.98. The van der Waals surface area contributed by atoms with Crippen LogP contribution in [0.1, 0.15) is 60.0 Å². The number of hydrogen-bond donors (Lipinski definition) is 1. The van der Waals surface area contributed by atoms with Crippen molar-refractivity contribution in [1.82, 2.24) is 4.72 Å². The molecule has 0 unspecified atom stereocenters. The zero-order valence-electron chi connectivity index (χ0n) is 24.4. The van der Waals surface area contributed by atoms with Gasteiger partial charge < -0.3 is 19.1 Å². The second-order valence-corrected chi connectivity index (χ2v) is 14.3. The van der Waals surface area contributed by atoms with Crippen molar-refractivity contribution in [3.8, 4) is 5.75 Å². The van der Waals surface area contributed by atoms with Crippen LogP contribution in [-0.2, 0) is 21.3 Å². The Hall–Kier alpha value is -2.19. The Bertz CT molecular complexity index is 1350. The van der Waals surface area contributed by atoms with Crippen LogP contribution >= 0.6 is 23.5 Å². The lowest BCUT2D eigenvalue weighted by Gasteiger charge is -2.46. The molecule has 1 amide bonds. The SMILES string of the molecule is CO[C@H]1/C=C/C[C@@H]2COCC[C@H]2SNC(=O)c2ccc3c(c2)N(C[C@@H]2CC[C@H]21)C[C@@]1(CCCc2cc(Cl)ccc21)CO3. The molecule has 2 aromatic carbocycles. The molecule has 0 radical (unpaired) electrons. The van der Waals surface area contributed by atoms with Gasteiger partial charge in [0.1, 0.15) is 5.75 Å². The van der Waals surface area contributed by atoms with Gasteiger partial charge in [-0.25, -0.2) is 0 Å². The predicted molar refractivity (Wildman–Crippen MR) is 169 cm³/mol. The molecule has 1 saturated heterocycles. The number of methoxy groups -OCH3 is 1. The number of aryl methyl sites for hydroxylation is 1. The van der Waals surface area contributed by atoms with E-state index in [-0.39, 0.29) is 17.4 Å². The second-order valence-electron chi connectivity index (χ2n) is 12.9. The maximum Gasteiger partial charge on any atom is 0.261 e. The topological polar surface area (TPSA) is 60.0 Å². The number of benzene rings is 2. The number of hydrogen-bond acceptors (Lipinski definition) is 6. The van der Waals surface area contributed by atoms with Gasteiger partial charge >= 0.3 is 0 Å². The Balaban J connectivity index is 1.26. The summed E-state index contributed by atoms with van der Waals surface area (Å²) in [5, 5.41) is 1.11. The summed E-state index contributed by atoms with van der Waals surface area (Å²) < 4.78 is 21.8. The zero-order valence-corrected chi connectivity index (χ0v) is 25.9. The van der Waals surface area contributed by atoms with Crippen molar-refractivity contribution < 1.29 is 19.0 Å². The van der Waals surface area contributed by atoms with Gasteiger partial charge in [-0.3, -0.25) is 9.52 Å². The zero-order chi connectivity index (χ0) is 28.7. The minimum atomic E-state index is -0.131. The van der Waals surface area contributed by atoms with Crippen molar-refractivity contribution in [3.63, 3.8) is 0 Å². The molecule has 2 bridgehead atoms. The molecule has 2 aromatic rings. The average molecular weight is 609 g/mol. The molecule has 1 N–H and O–H groups in total. The number of nitrogens with zero attached hydrogens (tertiary/aromatic N) is 1. The highest BCUT2D eigenvalue weighted by atomic mass is 35.5. The summed E-state index contributed by atoms with van der Waals surface area (Å²) in [4.78, 5) is 16.0. The number of nitrogens with one attached hydrogen (secondary N) is 1. The van der Waals surface area contributed by atoms with Gasteiger partial charge in [0.2, 0.25) is 0 Å². The van der Waals surface area contributed by atoms with E-state index in [2.05, 4.69) is 40.0 Å². The van der Waals surface area contributed by atoms with Gasteiger partial charge in [0.15, 0.2) is 0 Å². The number of allylic oxidation sites excluding steroid dienone is 1. The van der Waals surface area contributed by atoms with Crippen LogP contribution in [0.4, 0.5) is 5.69 Å². The Morgan fingerprint density at radius 1 is 1.14 bits per heavy atom. The van der Waals surface area contributed by atoms with Crippen molar-refractivity contribution in [3.05, 3.63) is 70.3 Å². The van der Waals surface area contributed by atoms with Crippen LogP contribution in [0.25, 0.3) is 0 Å². The average Bonchev–Trinajstić information content (AvgIpc) is 3.14. The monoisotopic (exact) mass is 608 g/mol. The molecule has 3 heterocycles. The van der Waals surface area contributed by atoms with Crippen molar-refractivity contribution in [2.75, 3.05) is 44.9 Å². The number of carbonyl (C=O) groups excluding carboxylic acids is 1. The number of amides is 1. The fourth-order valence-electron chi connectivity index (χ4n) is 7.92. The summed E-state index contributed by atoms with van der Waals surface area (Å²) >= 11 is 8.00. The summed E-state index contributed by atoms with van der Waals surface area (Å²) in [5.74, 6) is 2.15. The molecule has 5 aliphatic rings. The van der Waals surface area contributed by atoms with Crippen molar-refractivity contribution in [2.45, 2.75) is 61.7 Å². The lowest BCUT2D eigenvalue weighted by Crippen LogP contribution is -2.49. The van der Waals surface area contributed by atoms with Crippen LogP contribution in [-0.4, -0.2) is 57.3 Å². The Morgan fingerprint density at radius 3 is 2.93 bits per heavy atom. The fourth-order valence-corrected chi connectivity index (χ4v) is 9.08.